The van der Waals surface area contributed by atoms with Gasteiger partial charge in [0, 0.05) is 12.6 Å². The summed E-state index contributed by atoms with van der Waals surface area (Å²) in [6.45, 7) is 6.93. The van der Waals surface area contributed by atoms with Crippen LogP contribution in [-0.2, 0) is 26.2 Å². The van der Waals surface area contributed by atoms with Crippen molar-refractivity contribution < 1.29 is 18.0 Å². The fourth-order valence-electron chi connectivity index (χ4n) is 4.09. The second-order valence-corrected chi connectivity index (χ2v) is 12.2. The van der Waals surface area contributed by atoms with Crippen LogP contribution in [0.5, 0.6) is 0 Å². The smallest absolute Gasteiger partial charge is 0.264 e. The Morgan fingerprint density at radius 3 is 2.13 bits per heavy atom. The van der Waals surface area contributed by atoms with Gasteiger partial charge in [0.2, 0.25) is 11.8 Å². The van der Waals surface area contributed by atoms with E-state index in [1.165, 1.54) is 35.2 Å². The van der Waals surface area contributed by atoms with Gasteiger partial charge in [-0.1, -0.05) is 78.2 Å². The van der Waals surface area contributed by atoms with Crippen molar-refractivity contribution in [3.05, 3.63) is 94.0 Å². The molecule has 39 heavy (non-hydrogen) atoms. The van der Waals surface area contributed by atoms with Crippen LogP contribution in [0.3, 0.4) is 0 Å². The van der Waals surface area contributed by atoms with Gasteiger partial charge in [-0.3, -0.25) is 13.9 Å². The summed E-state index contributed by atoms with van der Waals surface area (Å²) in [6, 6.07) is 19.1. The number of carbonyl (C=O) groups is 2. The Kier molecular flexibility index (Phi) is 10.4. The van der Waals surface area contributed by atoms with Crippen molar-refractivity contribution in [2.75, 3.05) is 10.8 Å². The number of nitrogens with zero attached hydrogens (tertiary/aromatic N) is 2. The third-order valence-corrected chi connectivity index (χ3v) is 8.62. The molecular formula is C29H33Cl2N3O4S. The van der Waals surface area contributed by atoms with Gasteiger partial charge in [-0.25, -0.2) is 8.42 Å². The highest BCUT2D eigenvalue weighted by molar-refractivity contribution is 7.92. The largest absolute Gasteiger partial charge is 0.352 e. The standard InChI is InChI=1S/C29H33Cl2N3O4S/c1-5-27(29(36)32-20(2)3)33(18-22-9-7-6-8-10-22)28(35)19-34(23-13-16-25(30)26(31)17-23)39(37,38)24-14-11-21(4)12-15-24/h6-17,20,27H,5,18-19H2,1-4H3,(H,32,36)/t27-/m1/s1. The van der Waals surface area contributed by atoms with Gasteiger partial charge in [-0.05, 0) is 63.1 Å². The molecule has 2 amide bonds. The van der Waals surface area contributed by atoms with Gasteiger partial charge in [-0.15, -0.1) is 0 Å². The van der Waals surface area contributed by atoms with Crippen molar-refractivity contribution in [3.8, 4) is 0 Å². The molecule has 208 valence electrons. The highest BCUT2D eigenvalue weighted by Crippen LogP contribution is 2.31. The van der Waals surface area contributed by atoms with Crippen LogP contribution in [0.1, 0.15) is 38.3 Å². The van der Waals surface area contributed by atoms with E-state index in [4.69, 9.17) is 23.2 Å². The van der Waals surface area contributed by atoms with Crippen molar-refractivity contribution in [1.82, 2.24) is 10.2 Å². The van der Waals surface area contributed by atoms with Crippen LogP contribution in [0.4, 0.5) is 5.69 Å². The molecule has 0 heterocycles. The zero-order chi connectivity index (χ0) is 28.7. The normalized spacial score (nSPS) is 12.2. The highest BCUT2D eigenvalue weighted by Gasteiger charge is 2.34. The molecule has 3 rings (SSSR count). The van der Waals surface area contributed by atoms with E-state index in [2.05, 4.69) is 5.32 Å². The molecule has 10 heteroatoms. The van der Waals surface area contributed by atoms with E-state index in [0.717, 1.165) is 15.4 Å². The molecule has 1 atom stereocenters. The fraction of sp³-hybridized carbons (Fsp3) is 0.310. The molecule has 0 spiro atoms. The lowest BCUT2D eigenvalue weighted by atomic mass is 10.1. The molecule has 3 aromatic carbocycles. The number of benzene rings is 3. The topological polar surface area (TPSA) is 86.8 Å². The van der Waals surface area contributed by atoms with E-state index < -0.39 is 28.5 Å². The summed E-state index contributed by atoms with van der Waals surface area (Å²) in [5.74, 6) is -0.842. The zero-order valence-electron chi connectivity index (χ0n) is 22.4. The number of sulfonamides is 1. The summed E-state index contributed by atoms with van der Waals surface area (Å²) in [4.78, 5) is 28.6. The zero-order valence-corrected chi connectivity index (χ0v) is 24.7. The van der Waals surface area contributed by atoms with Crippen LogP contribution in [-0.4, -0.2) is 43.8 Å². The Labute approximate surface area is 240 Å². The van der Waals surface area contributed by atoms with Gasteiger partial charge < -0.3 is 10.2 Å². The third kappa shape index (κ3) is 7.75. The van der Waals surface area contributed by atoms with E-state index >= 15 is 0 Å². The first-order valence-electron chi connectivity index (χ1n) is 12.6. The summed E-state index contributed by atoms with van der Waals surface area (Å²) < 4.78 is 28.8. The number of hydrogen-bond donors (Lipinski definition) is 1. The SMILES string of the molecule is CC[C@H](C(=O)NC(C)C)N(Cc1ccccc1)C(=O)CN(c1ccc(Cl)c(Cl)c1)S(=O)(=O)c1ccc(C)cc1. The number of carbonyl (C=O) groups excluding carboxylic acids is 2. The summed E-state index contributed by atoms with van der Waals surface area (Å²) in [5, 5.41) is 3.28. The number of amides is 2. The molecule has 7 nitrogen and oxygen atoms in total. The first-order chi connectivity index (χ1) is 18.4. The molecule has 0 radical (unpaired) electrons. The molecule has 0 aliphatic carbocycles. The molecule has 1 N–H and O–H groups in total. The molecule has 0 bridgehead atoms. The quantitative estimate of drug-likeness (QED) is 0.305. The van der Waals surface area contributed by atoms with Gasteiger partial charge in [0.15, 0.2) is 0 Å². The minimum Gasteiger partial charge on any atom is -0.352 e. The van der Waals surface area contributed by atoms with Gasteiger partial charge in [-0.2, -0.15) is 0 Å². The molecule has 0 saturated heterocycles. The Bertz CT molecular complexity index is 1400. The van der Waals surface area contributed by atoms with Crippen LogP contribution in [0.25, 0.3) is 0 Å². The average molecular weight is 591 g/mol. The van der Waals surface area contributed by atoms with Crippen molar-refractivity contribution >= 4 is 50.7 Å². The molecule has 0 aliphatic heterocycles. The lowest BCUT2D eigenvalue weighted by molar-refractivity contribution is -0.140. The van der Waals surface area contributed by atoms with Gasteiger partial charge in [0.1, 0.15) is 12.6 Å². The number of halogens is 2. The summed E-state index contributed by atoms with van der Waals surface area (Å²) >= 11 is 12.3. The second kappa shape index (κ2) is 13.3. The first kappa shape index (κ1) is 30.5. The molecule has 0 aliphatic rings. The highest BCUT2D eigenvalue weighted by atomic mass is 35.5. The number of anilines is 1. The molecule has 0 fully saturated rings. The van der Waals surface area contributed by atoms with E-state index in [0.29, 0.717) is 6.42 Å². The predicted molar refractivity (Wildman–Crippen MR) is 157 cm³/mol. The van der Waals surface area contributed by atoms with Crippen molar-refractivity contribution in [2.24, 2.45) is 0 Å². The predicted octanol–water partition coefficient (Wildman–Crippen LogP) is 5.83. The molecule has 3 aromatic rings. The molecule has 0 aromatic heterocycles. The maximum absolute atomic E-state index is 14.0. The van der Waals surface area contributed by atoms with Crippen LogP contribution >= 0.6 is 23.2 Å². The van der Waals surface area contributed by atoms with Crippen molar-refractivity contribution in [2.45, 2.75) is 57.6 Å². The van der Waals surface area contributed by atoms with E-state index in [1.807, 2.05) is 58.0 Å². The van der Waals surface area contributed by atoms with Crippen molar-refractivity contribution in [3.63, 3.8) is 0 Å². The van der Waals surface area contributed by atoms with E-state index in [1.54, 1.807) is 12.1 Å². The second-order valence-electron chi connectivity index (χ2n) is 9.52. The lowest BCUT2D eigenvalue weighted by Crippen LogP contribution is -2.53. The van der Waals surface area contributed by atoms with Gasteiger partial charge >= 0.3 is 0 Å². The minimum absolute atomic E-state index is 0.0196. The maximum Gasteiger partial charge on any atom is 0.264 e. The summed E-state index contributed by atoms with van der Waals surface area (Å²) in [7, 11) is -4.19. The number of rotatable bonds is 11. The monoisotopic (exact) mass is 589 g/mol. The van der Waals surface area contributed by atoms with Gasteiger partial charge in [0.05, 0.1) is 20.6 Å². The van der Waals surface area contributed by atoms with Crippen LogP contribution in [0.15, 0.2) is 77.7 Å². The third-order valence-electron chi connectivity index (χ3n) is 6.09. The fourth-order valence-corrected chi connectivity index (χ4v) is 5.79. The number of aryl methyl sites for hydroxylation is 1. The Morgan fingerprint density at radius 2 is 1.56 bits per heavy atom. The van der Waals surface area contributed by atoms with E-state index in [-0.39, 0.29) is 39.1 Å². The minimum atomic E-state index is -4.19. The Morgan fingerprint density at radius 1 is 0.923 bits per heavy atom. The average Bonchev–Trinajstić information content (AvgIpc) is 2.89. The number of nitrogens with one attached hydrogen (secondary N) is 1. The van der Waals surface area contributed by atoms with Crippen LogP contribution in [0.2, 0.25) is 10.0 Å². The molecule has 0 unspecified atom stereocenters. The summed E-state index contributed by atoms with van der Waals surface area (Å²) in [5.41, 5.74) is 1.88. The maximum atomic E-state index is 14.0. The Hall–Kier alpha value is -3.07. The molecular weight excluding hydrogens is 557 g/mol. The lowest BCUT2D eigenvalue weighted by Gasteiger charge is -2.33. The van der Waals surface area contributed by atoms with Crippen LogP contribution in [0, 0.1) is 6.92 Å². The first-order valence-corrected chi connectivity index (χ1v) is 14.8. The van der Waals surface area contributed by atoms with Crippen molar-refractivity contribution in [1.29, 1.82) is 0 Å². The van der Waals surface area contributed by atoms with Crippen LogP contribution < -0.4 is 9.62 Å². The summed E-state index contributed by atoms with van der Waals surface area (Å²) in [6.07, 6.45) is 0.342. The van der Waals surface area contributed by atoms with E-state index in [9.17, 15) is 18.0 Å². The molecule has 0 saturated carbocycles. The van der Waals surface area contributed by atoms with Gasteiger partial charge in [0.25, 0.3) is 10.0 Å². The number of hydrogen-bond acceptors (Lipinski definition) is 4. The Balaban J connectivity index is 2.07.